The van der Waals surface area contributed by atoms with Crippen LogP contribution in [0.25, 0.3) is 99.9 Å². The summed E-state index contributed by atoms with van der Waals surface area (Å²) in [6.07, 6.45) is 0. The molecule has 0 unspecified atom stereocenters. The Balaban J connectivity index is 1.04. The molecule has 6 heteroatoms. The van der Waals surface area contributed by atoms with Gasteiger partial charge in [0.2, 0.25) is 0 Å². The Morgan fingerprint density at radius 2 is 1.02 bits per heavy atom. The Morgan fingerprint density at radius 1 is 0.434 bits per heavy atom. The van der Waals surface area contributed by atoms with Gasteiger partial charge in [0.1, 0.15) is 11.2 Å². The highest BCUT2D eigenvalue weighted by atomic mass is 16.3. The molecule has 0 fully saturated rings. The second-order valence-electron chi connectivity index (χ2n) is 13.6. The van der Waals surface area contributed by atoms with E-state index in [4.69, 9.17) is 14.4 Å². The average molecular weight is 685 g/mol. The summed E-state index contributed by atoms with van der Waals surface area (Å²) in [5.74, 6) is 0.665. The molecule has 53 heavy (non-hydrogen) atoms. The van der Waals surface area contributed by atoms with Crippen LogP contribution in [0.3, 0.4) is 0 Å². The van der Waals surface area contributed by atoms with Crippen LogP contribution in [0.4, 0.5) is 0 Å². The van der Waals surface area contributed by atoms with Crippen LogP contribution in [0.5, 0.6) is 0 Å². The smallest absolute Gasteiger partial charge is 0.328 e. The summed E-state index contributed by atoms with van der Waals surface area (Å²) < 4.78 is 9.62. The van der Waals surface area contributed by atoms with Crippen molar-refractivity contribution in [3.63, 3.8) is 0 Å². The molecular formula is C47H32N4O2. The van der Waals surface area contributed by atoms with E-state index in [0.717, 1.165) is 83.3 Å². The fourth-order valence-corrected chi connectivity index (χ4v) is 7.48. The predicted molar refractivity (Wildman–Crippen MR) is 216 cm³/mol. The molecule has 0 bridgehead atoms. The molecule has 252 valence electrons. The van der Waals surface area contributed by atoms with E-state index in [1.165, 1.54) is 10.8 Å². The van der Waals surface area contributed by atoms with Crippen molar-refractivity contribution in [3.8, 4) is 56.2 Å². The molecule has 0 radical (unpaired) electrons. The van der Waals surface area contributed by atoms with Crippen LogP contribution in [-0.2, 0) is 14.1 Å². The van der Waals surface area contributed by atoms with Gasteiger partial charge in [-0.15, -0.1) is 0 Å². The van der Waals surface area contributed by atoms with Crippen LogP contribution in [0.1, 0.15) is 0 Å². The lowest BCUT2D eigenvalue weighted by atomic mass is 9.98. The molecule has 10 aromatic rings. The number of imidazole rings is 1. The molecule has 6 nitrogen and oxygen atoms in total. The quantitative estimate of drug-likeness (QED) is 0.181. The normalized spacial score (nSPS) is 11.7. The predicted octanol–water partition coefficient (Wildman–Crippen LogP) is 11.1. The van der Waals surface area contributed by atoms with Crippen molar-refractivity contribution < 1.29 is 4.42 Å². The monoisotopic (exact) mass is 684 g/mol. The standard InChI is InChI=1S/C47H32N4O2/c1-50-42-21-19-36(26-43(42)51(2)47(50)52)32-13-8-14-37(23-32)41-28-40(48-46(49-41)31-9-4-3-5-10-31)30-17-15-29(16-18-30)35-20-22-44-38(25-35)39-24-33-11-6-7-12-34(33)27-45(39)53-44/h3-28H,1-2H3. The average Bonchev–Trinajstić information content (AvgIpc) is 3.68. The fraction of sp³-hybridized carbons (Fsp3) is 0.0426. The van der Waals surface area contributed by atoms with Gasteiger partial charge in [-0.1, -0.05) is 109 Å². The maximum atomic E-state index is 12.6. The first-order chi connectivity index (χ1) is 26.0. The Kier molecular flexibility index (Phi) is 6.98. The number of furan rings is 1. The zero-order chi connectivity index (χ0) is 35.6. The van der Waals surface area contributed by atoms with E-state index in [1.54, 1.807) is 16.2 Å². The van der Waals surface area contributed by atoms with Gasteiger partial charge >= 0.3 is 5.69 Å². The Hall–Kier alpha value is -7.05. The lowest BCUT2D eigenvalue weighted by Gasteiger charge is -2.11. The van der Waals surface area contributed by atoms with Gasteiger partial charge in [-0.05, 0) is 81.6 Å². The topological polar surface area (TPSA) is 65.8 Å². The van der Waals surface area contributed by atoms with E-state index in [1.807, 2.05) is 43.4 Å². The first-order valence-electron chi connectivity index (χ1n) is 17.6. The third-order valence-electron chi connectivity index (χ3n) is 10.4. The van der Waals surface area contributed by atoms with Gasteiger partial charge in [-0.3, -0.25) is 9.13 Å². The summed E-state index contributed by atoms with van der Waals surface area (Å²) >= 11 is 0. The zero-order valence-corrected chi connectivity index (χ0v) is 29.1. The van der Waals surface area contributed by atoms with Crippen LogP contribution in [-0.4, -0.2) is 19.1 Å². The van der Waals surface area contributed by atoms with E-state index in [-0.39, 0.29) is 5.69 Å². The molecule has 0 N–H and O–H groups in total. The van der Waals surface area contributed by atoms with Crippen LogP contribution >= 0.6 is 0 Å². The van der Waals surface area contributed by atoms with Gasteiger partial charge in [-0.25, -0.2) is 14.8 Å². The highest BCUT2D eigenvalue weighted by Gasteiger charge is 2.15. The molecule has 3 heterocycles. The summed E-state index contributed by atoms with van der Waals surface area (Å²) in [6.45, 7) is 0. The zero-order valence-electron chi connectivity index (χ0n) is 29.1. The number of hydrogen-bond acceptors (Lipinski definition) is 4. The van der Waals surface area contributed by atoms with Gasteiger partial charge in [0, 0.05) is 41.6 Å². The number of nitrogens with zero attached hydrogens (tertiary/aromatic N) is 4. The van der Waals surface area contributed by atoms with Crippen molar-refractivity contribution in [1.82, 2.24) is 19.1 Å². The number of benzene rings is 7. The molecule has 7 aromatic carbocycles. The van der Waals surface area contributed by atoms with Gasteiger partial charge < -0.3 is 4.42 Å². The van der Waals surface area contributed by atoms with Crippen molar-refractivity contribution in [2.75, 3.05) is 0 Å². The Bertz CT molecular complexity index is 3100. The fourth-order valence-electron chi connectivity index (χ4n) is 7.48. The maximum absolute atomic E-state index is 12.6. The van der Waals surface area contributed by atoms with Crippen LogP contribution in [0.2, 0.25) is 0 Å². The van der Waals surface area contributed by atoms with E-state index in [0.29, 0.717) is 5.82 Å². The van der Waals surface area contributed by atoms with Crippen molar-refractivity contribution >= 4 is 43.7 Å². The highest BCUT2D eigenvalue weighted by Crippen LogP contribution is 2.36. The first kappa shape index (κ1) is 30.7. The lowest BCUT2D eigenvalue weighted by molar-refractivity contribution is 0.669. The number of aromatic nitrogens is 4. The maximum Gasteiger partial charge on any atom is 0.328 e. The Morgan fingerprint density at radius 3 is 1.83 bits per heavy atom. The number of rotatable bonds is 5. The first-order valence-corrected chi connectivity index (χ1v) is 17.6. The summed E-state index contributed by atoms with van der Waals surface area (Å²) in [4.78, 5) is 22.7. The molecule has 0 amide bonds. The highest BCUT2D eigenvalue weighted by molar-refractivity contribution is 6.11. The summed E-state index contributed by atoms with van der Waals surface area (Å²) in [6, 6.07) is 54.5. The van der Waals surface area contributed by atoms with E-state index < -0.39 is 0 Å². The lowest BCUT2D eigenvalue weighted by Crippen LogP contribution is -2.19. The van der Waals surface area contributed by atoms with Crippen molar-refractivity contribution in [1.29, 1.82) is 0 Å². The van der Waals surface area contributed by atoms with Gasteiger partial charge in [-0.2, -0.15) is 0 Å². The van der Waals surface area contributed by atoms with Crippen LogP contribution in [0, 0.1) is 0 Å². The number of fused-ring (bicyclic) bond motifs is 5. The number of aryl methyl sites for hydroxylation is 2. The Labute approximate surface area is 304 Å². The minimum atomic E-state index is -0.0395. The van der Waals surface area contributed by atoms with Crippen molar-refractivity contribution in [2.45, 2.75) is 0 Å². The van der Waals surface area contributed by atoms with Crippen LogP contribution < -0.4 is 5.69 Å². The van der Waals surface area contributed by atoms with Gasteiger partial charge in [0.15, 0.2) is 5.82 Å². The van der Waals surface area contributed by atoms with E-state index in [9.17, 15) is 4.79 Å². The molecule has 0 aliphatic rings. The van der Waals surface area contributed by atoms with E-state index >= 15 is 0 Å². The van der Waals surface area contributed by atoms with E-state index in [2.05, 4.69) is 121 Å². The minimum absolute atomic E-state index is 0.0395. The minimum Gasteiger partial charge on any atom is -0.456 e. The molecular weight excluding hydrogens is 653 g/mol. The van der Waals surface area contributed by atoms with Gasteiger partial charge in [0.05, 0.1) is 22.4 Å². The summed E-state index contributed by atoms with van der Waals surface area (Å²) in [7, 11) is 3.62. The third kappa shape index (κ3) is 5.23. The molecule has 0 spiro atoms. The van der Waals surface area contributed by atoms with Gasteiger partial charge in [0.25, 0.3) is 0 Å². The largest absolute Gasteiger partial charge is 0.456 e. The molecule has 0 saturated carbocycles. The van der Waals surface area contributed by atoms with Crippen molar-refractivity contribution in [3.05, 3.63) is 168 Å². The summed E-state index contributed by atoms with van der Waals surface area (Å²) in [5.41, 5.74) is 12.5. The van der Waals surface area contributed by atoms with Crippen LogP contribution in [0.15, 0.2) is 167 Å². The molecule has 0 atom stereocenters. The second-order valence-corrected chi connectivity index (χ2v) is 13.6. The molecule has 0 aliphatic heterocycles. The van der Waals surface area contributed by atoms with Crippen molar-refractivity contribution in [2.24, 2.45) is 14.1 Å². The molecule has 0 saturated heterocycles. The SMILES string of the molecule is Cn1c(=O)n(C)c2cc(-c3cccc(-c4cc(-c5ccc(-c6ccc7oc8cc9ccccc9cc8c7c6)cc5)nc(-c5ccccc5)n4)c3)ccc21. The second kappa shape index (κ2) is 12.0. The molecule has 10 rings (SSSR count). The molecule has 3 aromatic heterocycles. The molecule has 0 aliphatic carbocycles. The summed E-state index contributed by atoms with van der Waals surface area (Å²) in [5, 5.41) is 4.60. The number of hydrogen-bond donors (Lipinski definition) is 0. The third-order valence-corrected chi connectivity index (χ3v) is 10.4.